The summed E-state index contributed by atoms with van der Waals surface area (Å²) in [6.45, 7) is -1.76. The van der Waals surface area contributed by atoms with Gasteiger partial charge in [-0.15, -0.1) is 0 Å². The summed E-state index contributed by atoms with van der Waals surface area (Å²) in [5, 5.41) is 9.62. The van der Waals surface area contributed by atoms with Crippen LogP contribution in [0.25, 0.3) is 22.3 Å². The maximum absolute atomic E-state index is 15.7. The Morgan fingerprint density at radius 3 is 2.43 bits per heavy atom. The lowest BCUT2D eigenvalue weighted by molar-refractivity contribution is -0.0645. The van der Waals surface area contributed by atoms with Crippen LogP contribution in [0.1, 0.15) is 12.5 Å². The molecular weight excluding hydrogens is 668 g/mol. The molecule has 4 aromatic rings. The minimum atomic E-state index is -5.26. The zero-order valence-electron chi connectivity index (χ0n) is 23.1. The van der Waals surface area contributed by atoms with E-state index in [9.17, 15) is 28.8 Å². The molecule has 0 radical (unpaired) electrons. The van der Waals surface area contributed by atoms with E-state index in [1.54, 1.807) is 0 Å². The number of hydrogen-bond donors (Lipinski definition) is 6. The lowest BCUT2D eigenvalue weighted by Crippen LogP contribution is -2.35. The van der Waals surface area contributed by atoms with Crippen LogP contribution in [-0.2, 0) is 32.4 Å². The number of fused-ring (bicyclic) bond motifs is 2. The predicted octanol–water partition coefficient (Wildman–Crippen LogP) is -1.10. The molecule has 2 saturated heterocycles. The van der Waals surface area contributed by atoms with Gasteiger partial charge >= 0.3 is 7.82 Å². The number of H-pyrrole nitrogens is 1. The lowest BCUT2D eigenvalue weighted by Gasteiger charge is -2.24. The number of nitrogen functional groups attached to an aromatic ring is 2. The van der Waals surface area contributed by atoms with E-state index < -0.39 is 90.2 Å². The molecule has 4 aromatic heterocycles. The van der Waals surface area contributed by atoms with Gasteiger partial charge in [0.25, 0.3) is 5.56 Å². The number of halogens is 2. The Hall–Kier alpha value is -3.50. The summed E-state index contributed by atoms with van der Waals surface area (Å²) >= 11 is 0. The third-order valence-corrected chi connectivity index (χ3v) is 8.55. The second-order valence-corrected chi connectivity index (χ2v) is 12.5. The van der Waals surface area contributed by atoms with Gasteiger partial charge in [-0.3, -0.25) is 32.5 Å². The standard InChI is InChI=1S/C21H26F2N10O11P2/c22-9-7(1-34)42-20(33-5-29-12-17(33)30-21(25)31-18(12)35)14(9)44-46(38,39)41-2-8-13(40-6-45(36)37)10(23)19(43-8)32-4-28-11-15(24)26-3-27-16(11)32/h3-5,7-10,13-14,19-20,34,45H,1-2,6H2,(H,36,37)(H,38,39)(H2,24,26,27)(H3,25,30,31,35)/t7-,8-,9?,10?,13+,14?,19-,20-/m1/s1. The molecule has 0 aromatic carbocycles. The first-order chi connectivity index (χ1) is 21.9. The van der Waals surface area contributed by atoms with Crippen LogP contribution in [0.3, 0.4) is 0 Å². The fourth-order valence-corrected chi connectivity index (χ4v) is 6.39. The van der Waals surface area contributed by atoms with Crippen molar-refractivity contribution in [3.8, 4) is 0 Å². The van der Waals surface area contributed by atoms with E-state index in [0.29, 0.717) is 0 Å². The molecule has 21 nitrogen and oxygen atoms in total. The molecular formula is C21H26F2N10O11P2. The van der Waals surface area contributed by atoms with Gasteiger partial charge in [0.05, 0.1) is 25.9 Å². The van der Waals surface area contributed by atoms with Crippen molar-refractivity contribution >= 4 is 49.9 Å². The van der Waals surface area contributed by atoms with Gasteiger partial charge in [-0.25, -0.2) is 33.3 Å². The van der Waals surface area contributed by atoms with Gasteiger partial charge in [0.1, 0.15) is 42.6 Å². The van der Waals surface area contributed by atoms with Gasteiger partial charge in [0.2, 0.25) is 14.0 Å². The van der Waals surface area contributed by atoms with Gasteiger partial charge in [0, 0.05) is 0 Å². The molecule has 46 heavy (non-hydrogen) atoms. The van der Waals surface area contributed by atoms with E-state index >= 15 is 8.78 Å². The number of phosphoric ester groups is 1. The summed E-state index contributed by atoms with van der Waals surface area (Å²) in [5.74, 6) is -0.314. The minimum absolute atomic E-state index is 0.000579. The Kier molecular flexibility index (Phi) is 8.89. The molecule has 0 bridgehead atoms. The Morgan fingerprint density at radius 1 is 1.02 bits per heavy atom. The first-order valence-electron chi connectivity index (χ1n) is 13.2. The predicted molar refractivity (Wildman–Crippen MR) is 149 cm³/mol. The van der Waals surface area contributed by atoms with Gasteiger partial charge in [-0.2, -0.15) is 4.98 Å². The summed E-state index contributed by atoms with van der Waals surface area (Å²) in [7, 11) is -8.50. The average Bonchev–Trinajstić information content (AvgIpc) is 3.76. The molecule has 5 unspecified atom stereocenters. The summed E-state index contributed by atoms with van der Waals surface area (Å²) in [6, 6.07) is 0. The van der Waals surface area contributed by atoms with Crippen molar-refractivity contribution < 1.29 is 56.1 Å². The van der Waals surface area contributed by atoms with E-state index in [4.69, 9.17) is 34.7 Å². The highest BCUT2D eigenvalue weighted by Gasteiger charge is 2.52. The molecule has 10 atom stereocenters. The largest absolute Gasteiger partial charge is 0.472 e. The van der Waals surface area contributed by atoms with Crippen molar-refractivity contribution in [3.63, 3.8) is 0 Å². The number of aromatic amines is 1. The first kappa shape index (κ1) is 32.4. The number of nitrogens with two attached hydrogens (primary N) is 2. The van der Waals surface area contributed by atoms with E-state index in [-0.39, 0.29) is 34.1 Å². The van der Waals surface area contributed by atoms with Crippen LogP contribution in [0.2, 0.25) is 0 Å². The summed E-state index contributed by atoms with van der Waals surface area (Å²) in [5.41, 5.74) is 10.5. The SMILES string of the molecule is Nc1nc2c(ncn2[C@@H]2O[C@H](CO)C(F)C2OP(=O)(O)OC[C@H]2O[C@@H](n3cnc4c(N)ncnc43)C(F)[C@H]2OC[PH](=O)O)c(=O)[nH]1. The number of nitrogens with zero attached hydrogens (tertiary/aromatic N) is 7. The van der Waals surface area contributed by atoms with Crippen LogP contribution < -0.4 is 17.0 Å². The van der Waals surface area contributed by atoms with Gasteiger partial charge in [0.15, 0.2) is 47.4 Å². The number of aliphatic hydroxyl groups excluding tert-OH is 1. The number of phosphoric acid groups is 1. The zero-order valence-corrected chi connectivity index (χ0v) is 25.0. The van der Waals surface area contributed by atoms with E-state index in [1.807, 2.05) is 0 Å². The van der Waals surface area contributed by atoms with Crippen molar-refractivity contribution in [3.05, 3.63) is 29.3 Å². The molecule has 2 fully saturated rings. The van der Waals surface area contributed by atoms with E-state index in [1.165, 1.54) is 0 Å². The smallest absolute Gasteiger partial charge is 0.394 e. The summed E-state index contributed by atoms with van der Waals surface area (Å²) < 4.78 is 84.4. The Morgan fingerprint density at radius 2 is 1.72 bits per heavy atom. The van der Waals surface area contributed by atoms with Crippen molar-refractivity contribution in [1.29, 1.82) is 0 Å². The number of alkyl halides is 2. The molecule has 2 aliphatic heterocycles. The Labute approximate surface area is 254 Å². The van der Waals surface area contributed by atoms with Crippen molar-refractivity contribution in [2.24, 2.45) is 0 Å². The summed E-state index contributed by atoms with van der Waals surface area (Å²) in [4.78, 5) is 54.0. The second-order valence-electron chi connectivity index (χ2n) is 10.1. The third kappa shape index (κ3) is 6.01. The van der Waals surface area contributed by atoms with Crippen LogP contribution in [0.15, 0.2) is 23.8 Å². The van der Waals surface area contributed by atoms with Crippen molar-refractivity contribution in [2.45, 2.75) is 49.2 Å². The van der Waals surface area contributed by atoms with Gasteiger partial charge in [-0.1, -0.05) is 0 Å². The lowest BCUT2D eigenvalue weighted by atomic mass is 10.1. The van der Waals surface area contributed by atoms with E-state index in [0.717, 1.165) is 28.1 Å². The van der Waals surface area contributed by atoms with Crippen molar-refractivity contribution in [1.82, 2.24) is 39.0 Å². The Balaban J connectivity index is 1.22. The fraction of sp³-hybridized carbons (Fsp3) is 0.524. The monoisotopic (exact) mass is 694 g/mol. The number of anilines is 2. The number of aliphatic hydroxyl groups is 1. The van der Waals surface area contributed by atoms with Crippen LogP contribution in [0.4, 0.5) is 20.5 Å². The Bertz CT molecular complexity index is 1880. The van der Waals surface area contributed by atoms with Crippen LogP contribution in [-0.4, -0.2) is 110 Å². The van der Waals surface area contributed by atoms with Gasteiger partial charge < -0.3 is 40.6 Å². The summed E-state index contributed by atoms with van der Waals surface area (Å²) in [6.07, 6.45) is -11.4. The second kappa shape index (κ2) is 12.6. The molecule has 0 saturated carbocycles. The molecule has 2 aliphatic rings. The maximum atomic E-state index is 15.7. The molecule has 0 amide bonds. The molecule has 25 heteroatoms. The van der Waals surface area contributed by atoms with Gasteiger partial charge in [-0.05, 0) is 0 Å². The number of nitrogens with one attached hydrogen (secondary N) is 1. The molecule has 8 N–H and O–H groups in total. The number of imidazole rings is 2. The van der Waals surface area contributed by atoms with Crippen LogP contribution >= 0.6 is 15.9 Å². The highest BCUT2D eigenvalue weighted by molar-refractivity contribution is 7.47. The molecule has 6 heterocycles. The maximum Gasteiger partial charge on any atom is 0.472 e. The number of hydrogen-bond acceptors (Lipinski definition) is 16. The highest BCUT2D eigenvalue weighted by Crippen LogP contribution is 2.51. The minimum Gasteiger partial charge on any atom is -0.394 e. The third-order valence-electron chi connectivity index (χ3n) is 7.15. The van der Waals surface area contributed by atoms with Crippen molar-refractivity contribution in [2.75, 3.05) is 31.0 Å². The normalized spacial score (nSPS) is 30.3. The average molecular weight is 694 g/mol. The van der Waals surface area contributed by atoms with E-state index in [2.05, 4.69) is 29.9 Å². The zero-order chi connectivity index (χ0) is 32.9. The number of rotatable bonds is 11. The molecule has 0 spiro atoms. The fourth-order valence-electron chi connectivity index (χ4n) is 5.13. The topological polar surface area (TPSA) is 300 Å². The number of aromatic nitrogens is 8. The molecule has 250 valence electrons. The molecule has 6 rings (SSSR count). The molecule has 0 aliphatic carbocycles. The van der Waals surface area contributed by atoms with Crippen LogP contribution in [0, 0.1) is 0 Å². The first-order valence-corrected chi connectivity index (χ1v) is 16.3. The number of ether oxygens (including phenoxy) is 3. The quantitative estimate of drug-likeness (QED) is 0.101. The highest BCUT2D eigenvalue weighted by atomic mass is 31.2. The van der Waals surface area contributed by atoms with Crippen LogP contribution in [0.5, 0.6) is 0 Å².